The molecule has 0 aliphatic carbocycles. The molecule has 0 fully saturated rings. The Hall–Kier alpha value is -2.81. The summed E-state index contributed by atoms with van der Waals surface area (Å²) in [5.41, 5.74) is 0. The van der Waals surface area contributed by atoms with Crippen LogP contribution in [0.25, 0.3) is 0 Å². The van der Waals surface area contributed by atoms with Gasteiger partial charge in [-0.3, -0.25) is 18.6 Å². The zero-order valence-corrected chi connectivity index (χ0v) is 50.9. The molecule has 0 bridgehead atoms. The monoisotopic (exact) mass is 1080 g/mol. The molecule has 1 N–H and O–H groups in total. The van der Waals surface area contributed by atoms with Crippen LogP contribution in [-0.2, 0) is 32.7 Å². The van der Waals surface area contributed by atoms with E-state index in [2.05, 4.69) is 98.9 Å². The van der Waals surface area contributed by atoms with Gasteiger partial charge in [0, 0.05) is 12.8 Å². The maximum atomic E-state index is 12.8. The minimum absolute atomic E-state index is 0.0283. The molecule has 0 heterocycles. The summed E-state index contributed by atoms with van der Waals surface area (Å²) in [6.07, 6.45) is 76.5. The maximum absolute atomic E-state index is 12.8. The normalized spacial score (nSPS) is 13.8. The van der Waals surface area contributed by atoms with Gasteiger partial charge in [-0.1, -0.05) is 253 Å². The van der Waals surface area contributed by atoms with E-state index in [-0.39, 0.29) is 32.0 Å². The van der Waals surface area contributed by atoms with Gasteiger partial charge < -0.3 is 18.9 Å². The molecule has 0 rings (SSSR count). The topological polar surface area (TPSA) is 108 Å². The van der Waals surface area contributed by atoms with Crippen LogP contribution in [0.5, 0.6) is 0 Å². The van der Waals surface area contributed by atoms with Crippen LogP contribution in [0.15, 0.2) is 85.1 Å². The fourth-order valence-corrected chi connectivity index (χ4v) is 9.34. The number of hydrogen-bond donors (Lipinski definition) is 1. The summed E-state index contributed by atoms with van der Waals surface area (Å²) in [6, 6.07) is 0. The number of unbranched alkanes of at least 4 members (excludes halogenated alkanes) is 29. The number of phosphoric ester groups is 1. The molecule has 0 aromatic heterocycles. The largest absolute Gasteiger partial charge is 0.472 e. The van der Waals surface area contributed by atoms with E-state index in [4.69, 9.17) is 18.5 Å². The van der Waals surface area contributed by atoms with Crippen molar-refractivity contribution in [1.29, 1.82) is 0 Å². The van der Waals surface area contributed by atoms with Gasteiger partial charge in [-0.15, -0.1) is 0 Å². The second-order valence-corrected chi connectivity index (χ2v) is 23.5. The quantitative estimate of drug-likeness (QED) is 0.0211. The lowest BCUT2D eigenvalue weighted by Gasteiger charge is -2.24. The first kappa shape index (κ1) is 73.2. The Labute approximate surface area is 469 Å². The molecule has 0 aliphatic rings. The Morgan fingerprint density at radius 3 is 1.12 bits per heavy atom. The van der Waals surface area contributed by atoms with Crippen LogP contribution in [0.2, 0.25) is 0 Å². The molecule has 440 valence electrons. The van der Waals surface area contributed by atoms with Gasteiger partial charge in [0.1, 0.15) is 19.8 Å². The second-order valence-electron chi connectivity index (χ2n) is 22.1. The van der Waals surface area contributed by atoms with E-state index in [1.54, 1.807) is 0 Å². The molecule has 0 radical (unpaired) electrons. The minimum Gasteiger partial charge on any atom is -0.462 e. The smallest absolute Gasteiger partial charge is 0.462 e. The van der Waals surface area contributed by atoms with Gasteiger partial charge in [0.2, 0.25) is 0 Å². The third-order valence-corrected chi connectivity index (χ3v) is 14.4. The molecule has 10 heteroatoms. The SMILES string of the molecule is CC/C=C\C/C=C\C/C=C\C/C=C\C/C=C\CCCCCCCCCCCCCC(=O)OC(COC(=O)CCCCCCCCCCCCCCC/C=C\C/C=C\CCCCCCC)COP(=O)(O)OCC[N+](C)(C)C. The Morgan fingerprint density at radius 2 is 0.750 bits per heavy atom. The van der Waals surface area contributed by atoms with E-state index >= 15 is 0 Å². The Bertz CT molecular complexity index is 1560. The zero-order valence-electron chi connectivity index (χ0n) is 50.0. The number of nitrogens with zero attached hydrogens (tertiary/aromatic N) is 1. The first-order chi connectivity index (χ1) is 37.0. The number of quaternary nitrogens is 1. The maximum Gasteiger partial charge on any atom is 0.472 e. The highest BCUT2D eigenvalue weighted by Crippen LogP contribution is 2.43. The van der Waals surface area contributed by atoms with E-state index in [0.717, 1.165) is 83.5 Å². The molecule has 9 nitrogen and oxygen atoms in total. The van der Waals surface area contributed by atoms with Crippen molar-refractivity contribution in [2.24, 2.45) is 0 Å². The standard InChI is InChI=1S/C66H118NO8P/c1-6-8-10-12-14-16-18-20-22-24-26-28-30-32-33-35-37-39-41-43-45-47-49-51-53-55-57-59-66(69)75-64(63-74-76(70,71)73-61-60-67(3,4)5)62-72-65(68)58-56-54-52-50-48-46-44-42-40-38-36-34-31-29-27-25-23-21-19-17-15-13-11-9-7-2/h8,10,14,16,19-22,25-28,32-33,64H,6-7,9,11-13,15,17-18,23-24,29-31,34-63H2,1-5H3/p+1/b10-8-,16-14-,21-19-,22-20-,27-25-,28-26-,33-32-. The average Bonchev–Trinajstić information content (AvgIpc) is 3.38. The van der Waals surface area contributed by atoms with Crippen LogP contribution in [0, 0.1) is 0 Å². The van der Waals surface area contributed by atoms with E-state index in [0.29, 0.717) is 17.4 Å². The molecule has 76 heavy (non-hydrogen) atoms. The summed E-state index contributed by atoms with van der Waals surface area (Å²) in [5, 5.41) is 0. The molecule has 0 aromatic carbocycles. The van der Waals surface area contributed by atoms with Crippen molar-refractivity contribution < 1.29 is 42.1 Å². The van der Waals surface area contributed by atoms with Crippen molar-refractivity contribution in [3.63, 3.8) is 0 Å². The highest BCUT2D eigenvalue weighted by molar-refractivity contribution is 7.47. The van der Waals surface area contributed by atoms with Crippen molar-refractivity contribution >= 4 is 19.8 Å². The van der Waals surface area contributed by atoms with Crippen LogP contribution in [-0.4, -0.2) is 74.9 Å². The summed E-state index contributed by atoms with van der Waals surface area (Å²) in [7, 11) is 1.47. The first-order valence-corrected chi connectivity index (χ1v) is 32.8. The second kappa shape index (κ2) is 56.9. The van der Waals surface area contributed by atoms with Gasteiger partial charge in [0.05, 0.1) is 27.7 Å². The fourth-order valence-electron chi connectivity index (χ4n) is 8.60. The summed E-state index contributed by atoms with van der Waals surface area (Å²) in [4.78, 5) is 35.8. The lowest BCUT2D eigenvalue weighted by Crippen LogP contribution is -2.37. The summed E-state index contributed by atoms with van der Waals surface area (Å²) < 4.78 is 34.6. The van der Waals surface area contributed by atoms with E-state index < -0.39 is 26.5 Å². The summed E-state index contributed by atoms with van der Waals surface area (Å²) in [6.45, 7) is 4.33. The van der Waals surface area contributed by atoms with Gasteiger partial charge in [-0.25, -0.2) is 4.57 Å². The number of carbonyl (C=O) groups excluding carboxylic acids is 2. The number of carbonyl (C=O) groups is 2. The lowest BCUT2D eigenvalue weighted by molar-refractivity contribution is -0.870. The molecule has 0 amide bonds. The highest BCUT2D eigenvalue weighted by atomic mass is 31.2. The number of likely N-dealkylation sites (N-methyl/N-ethyl adjacent to an activating group) is 1. The van der Waals surface area contributed by atoms with Gasteiger partial charge in [0.25, 0.3) is 0 Å². The molecular formula is C66H119NO8P+. The molecule has 2 atom stereocenters. The van der Waals surface area contributed by atoms with E-state index in [9.17, 15) is 19.0 Å². The minimum atomic E-state index is -4.39. The average molecular weight is 1090 g/mol. The number of esters is 2. The number of rotatable bonds is 57. The van der Waals surface area contributed by atoms with Gasteiger partial charge in [-0.2, -0.15) is 0 Å². The van der Waals surface area contributed by atoms with Crippen LogP contribution < -0.4 is 0 Å². The lowest BCUT2D eigenvalue weighted by atomic mass is 10.0. The predicted octanol–water partition coefficient (Wildman–Crippen LogP) is 19.8. The molecule has 2 unspecified atom stereocenters. The number of ether oxygens (including phenoxy) is 2. The fraction of sp³-hybridized carbons (Fsp3) is 0.758. The Morgan fingerprint density at radius 1 is 0.421 bits per heavy atom. The predicted molar refractivity (Wildman–Crippen MR) is 325 cm³/mol. The van der Waals surface area contributed by atoms with Crippen LogP contribution in [0.3, 0.4) is 0 Å². The van der Waals surface area contributed by atoms with Gasteiger partial charge in [-0.05, 0) is 89.9 Å². The van der Waals surface area contributed by atoms with Crippen molar-refractivity contribution in [2.45, 2.75) is 277 Å². The van der Waals surface area contributed by atoms with Crippen molar-refractivity contribution in [3.05, 3.63) is 85.1 Å². The molecule has 0 spiro atoms. The molecule has 0 saturated heterocycles. The number of phosphoric acid groups is 1. The van der Waals surface area contributed by atoms with Crippen LogP contribution in [0.1, 0.15) is 271 Å². The van der Waals surface area contributed by atoms with Crippen LogP contribution >= 0.6 is 7.82 Å². The Kier molecular flexibility index (Phi) is 54.8. The third-order valence-electron chi connectivity index (χ3n) is 13.4. The van der Waals surface area contributed by atoms with Crippen molar-refractivity contribution in [1.82, 2.24) is 0 Å². The molecule has 0 saturated carbocycles. The highest BCUT2D eigenvalue weighted by Gasteiger charge is 2.27. The molecule has 0 aliphatic heterocycles. The first-order valence-electron chi connectivity index (χ1n) is 31.3. The third kappa shape index (κ3) is 60.4. The number of allylic oxidation sites excluding steroid dienone is 14. The van der Waals surface area contributed by atoms with E-state index in [1.165, 1.54) is 154 Å². The number of hydrogen-bond acceptors (Lipinski definition) is 7. The van der Waals surface area contributed by atoms with Crippen molar-refractivity contribution in [3.8, 4) is 0 Å². The van der Waals surface area contributed by atoms with Gasteiger partial charge >= 0.3 is 19.8 Å². The molecular weight excluding hydrogens is 966 g/mol. The zero-order chi connectivity index (χ0) is 55.6. The summed E-state index contributed by atoms with van der Waals surface area (Å²) >= 11 is 0. The summed E-state index contributed by atoms with van der Waals surface area (Å²) in [5.74, 6) is -0.797. The van der Waals surface area contributed by atoms with Gasteiger partial charge in [0.15, 0.2) is 6.10 Å². The molecule has 0 aromatic rings. The van der Waals surface area contributed by atoms with Crippen LogP contribution in [0.4, 0.5) is 0 Å². The van der Waals surface area contributed by atoms with Crippen molar-refractivity contribution in [2.75, 3.05) is 47.5 Å². The Balaban J connectivity index is 4.13. The van der Waals surface area contributed by atoms with E-state index in [1.807, 2.05) is 21.1 Å².